The third-order valence-corrected chi connectivity index (χ3v) is 2.58. The largest absolute Gasteiger partial charge is 0.466 e. The first kappa shape index (κ1) is 21.2. The van der Waals surface area contributed by atoms with Gasteiger partial charge in [0.05, 0.1) is 13.2 Å². The molecule has 0 aromatic carbocycles. The fourth-order valence-electron chi connectivity index (χ4n) is 1.50. The molecule has 0 heterocycles. The van der Waals surface area contributed by atoms with E-state index in [-0.39, 0.29) is 11.9 Å². The van der Waals surface area contributed by atoms with E-state index in [2.05, 4.69) is 13.8 Å². The summed E-state index contributed by atoms with van der Waals surface area (Å²) in [5.74, 6) is -0.119. The summed E-state index contributed by atoms with van der Waals surface area (Å²) in [6.45, 7) is 8.90. The summed E-state index contributed by atoms with van der Waals surface area (Å²) < 4.78 is 9.50. The van der Waals surface area contributed by atoms with Crippen molar-refractivity contribution in [3.8, 4) is 0 Å². The number of hydrogen-bond donors (Lipinski definition) is 0. The van der Waals surface area contributed by atoms with Crippen LogP contribution in [0.5, 0.6) is 0 Å². The molecule has 0 aliphatic carbocycles. The van der Waals surface area contributed by atoms with Crippen molar-refractivity contribution in [3.63, 3.8) is 0 Å². The van der Waals surface area contributed by atoms with Gasteiger partial charge in [-0.15, -0.1) is 0 Å². The van der Waals surface area contributed by atoms with Gasteiger partial charge in [-0.3, -0.25) is 9.59 Å². The Morgan fingerprint density at radius 1 is 0.650 bits per heavy atom. The summed E-state index contributed by atoms with van der Waals surface area (Å²) in [6, 6.07) is 0. The third kappa shape index (κ3) is 19.3. The molecule has 0 aromatic rings. The maximum Gasteiger partial charge on any atom is 0.305 e. The number of unbranched alkanes of at least 4 members (excludes halogenated alkanes) is 4. The Morgan fingerprint density at radius 2 is 1.00 bits per heavy atom. The molecule has 0 atom stereocenters. The lowest BCUT2D eigenvalue weighted by atomic mass is 10.2. The molecule has 4 nitrogen and oxygen atoms in total. The van der Waals surface area contributed by atoms with Crippen molar-refractivity contribution in [1.29, 1.82) is 0 Å². The van der Waals surface area contributed by atoms with Crippen LogP contribution in [-0.2, 0) is 19.1 Å². The second-order valence-electron chi connectivity index (χ2n) is 4.52. The van der Waals surface area contributed by atoms with Crippen LogP contribution in [0, 0.1) is 0 Å². The van der Waals surface area contributed by atoms with E-state index in [0.29, 0.717) is 26.1 Å². The molecule has 0 saturated heterocycles. The zero-order chi connectivity index (χ0) is 15.6. The minimum Gasteiger partial charge on any atom is -0.466 e. The number of carbonyl (C=O) groups is 2. The lowest BCUT2D eigenvalue weighted by molar-refractivity contribution is -0.144. The number of ether oxygens (including phenoxy) is 2. The molecule has 20 heavy (non-hydrogen) atoms. The highest BCUT2D eigenvalue weighted by Crippen LogP contribution is 2.00. The van der Waals surface area contributed by atoms with Gasteiger partial charge in [0, 0.05) is 12.8 Å². The van der Waals surface area contributed by atoms with Gasteiger partial charge in [0.2, 0.25) is 0 Å². The number of rotatable bonds is 10. The Hall–Kier alpha value is -1.06. The van der Waals surface area contributed by atoms with Gasteiger partial charge in [-0.05, 0) is 26.7 Å². The van der Waals surface area contributed by atoms with Gasteiger partial charge in [-0.2, -0.15) is 0 Å². The Balaban J connectivity index is 0. The monoisotopic (exact) mass is 288 g/mol. The van der Waals surface area contributed by atoms with E-state index in [9.17, 15) is 9.59 Å². The molecular weight excluding hydrogens is 256 g/mol. The molecule has 0 bridgehead atoms. The molecule has 0 unspecified atom stereocenters. The zero-order valence-electron chi connectivity index (χ0n) is 13.7. The maximum atomic E-state index is 10.7. The van der Waals surface area contributed by atoms with Crippen LogP contribution in [0.1, 0.15) is 79.1 Å². The summed E-state index contributed by atoms with van der Waals surface area (Å²) in [5, 5.41) is 0. The number of hydrogen-bond acceptors (Lipinski definition) is 4. The first-order valence-corrected chi connectivity index (χ1v) is 7.93. The normalized spacial score (nSPS) is 9.40. The van der Waals surface area contributed by atoms with Gasteiger partial charge in [0.25, 0.3) is 0 Å². The quantitative estimate of drug-likeness (QED) is 0.445. The highest BCUT2D eigenvalue weighted by Gasteiger charge is 1.99. The maximum absolute atomic E-state index is 10.7. The Morgan fingerprint density at radius 3 is 1.25 bits per heavy atom. The van der Waals surface area contributed by atoms with E-state index in [4.69, 9.17) is 9.47 Å². The van der Waals surface area contributed by atoms with Gasteiger partial charge in [-0.1, -0.05) is 39.5 Å². The number of carbonyl (C=O) groups excluding carboxylic acids is 2. The van der Waals surface area contributed by atoms with E-state index in [1.165, 1.54) is 0 Å². The molecule has 0 aliphatic heterocycles. The van der Waals surface area contributed by atoms with Crippen LogP contribution in [0.2, 0.25) is 0 Å². The van der Waals surface area contributed by atoms with Crippen molar-refractivity contribution < 1.29 is 19.1 Å². The van der Waals surface area contributed by atoms with Crippen LogP contribution in [0.4, 0.5) is 0 Å². The minimum atomic E-state index is -0.0593. The minimum absolute atomic E-state index is 0.0593. The topological polar surface area (TPSA) is 52.6 Å². The predicted octanol–water partition coefficient (Wildman–Crippen LogP) is 4.26. The molecule has 0 amide bonds. The average molecular weight is 288 g/mol. The summed E-state index contributed by atoms with van der Waals surface area (Å²) in [6.07, 6.45) is 7.66. The van der Waals surface area contributed by atoms with Gasteiger partial charge in [0.1, 0.15) is 0 Å². The van der Waals surface area contributed by atoms with E-state index in [1.807, 2.05) is 13.8 Å². The second-order valence-corrected chi connectivity index (χ2v) is 4.52. The molecule has 0 aromatic heterocycles. The second kappa shape index (κ2) is 17.9. The molecule has 0 rings (SSSR count). The summed E-state index contributed by atoms with van der Waals surface area (Å²) >= 11 is 0. The standard InChI is InChI=1S/2C8H16O2/c2*1-3-5-6-7-8(9)10-4-2/h2*3-7H2,1-2H3. The van der Waals surface area contributed by atoms with E-state index < -0.39 is 0 Å². The highest BCUT2D eigenvalue weighted by molar-refractivity contribution is 5.69. The first-order chi connectivity index (χ1) is 9.62. The Bertz CT molecular complexity index is 203. The van der Waals surface area contributed by atoms with Crippen LogP contribution >= 0.6 is 0 Å². The van der Waals surface area contributed by atoms with Crippen molar-refractivity contribution >= 4 is 11.9 Å². The lowest BCUT2D eigenvalue weighted by Gasteiger charge is -1.99. The van der Waals surface area contributed by atoms with E-state index in [1.54, 1.807) is 0 Å². The van der Waals surface area contributed by atoms with Crippen molar-refractivity contribution in [1.82, 2.24) is 0 Å². The molecular formula is C16H32O4. The fraction of sp³-hybridized carbons (Fsp3) is 0.875. The number of esters is 2. The van der Waals surface area contributed by atoms with Crippen LogP contribution in [0.3, 0.4) is 0 Å². The molecule has 0 radical (unpaired) electrons. The van der Waals surface area contributed by atoms with Gasteiger partial charge in [0.15, 0.2) is 0 Å². The van der Waals surface area contributed by atoms with Gasteiger partial charge >= 0.3 is 11.9 Å². The molecule has 0 N–H and O–H groups in total. The summed E-state index contributed by atoms with van der Waals surface area (Å²) in [7, 11) is 0. The molecule has 0 fully saturated rings. The SMILES string of the molecule is CCCCCC(=O)OCC.CCCCCC(=O)OCC. The van der Waals surface area contributed by atoms with Gasteiger partial charge < -0.3 is 9.47 Å². The van der Waals surface area contributed by atoms with Crippen LogP contribution in [-0.4, -0.2) is 25.2 Å². The van der Waals surface area contributed by atoms with Crippen molar-refractivity contribution in [2.75, 3.05) is 13.2 Å². The Labute approximate surface area is 124 Å². The summed E-state index contributed by atoms with van der Waals surface area (Å²) in [5.41, 5.74) is 0. The van der Waals surface area contributed by atoms with E-state index >= 15 is 0 Å². The van der Waals surface area contributed by atoms with E-state index in [0.717, 1.165) is 38.5 Å². The smallest absolute Gasteiger partial charge is 0.305 e. The van der Waals surface area contributed by atoms with Crippen molar-refractivity contribution in [2.24, 2.45) is 0 Å². The zero-order valence-corrected chi connectivity index (χ0v) is 13.7. The van der Waals surface area contributed by atoms with Crippen molar-refractivity contribution in [3.05, 3.63) is 0 Å². The fourth-order valence-corrected chi connectivity index (χ4v) is 1.50. The average Bonchev–Trinajstić information content (AvgIpc) is 2.41. The summed E-state index contributed by atoms with van der Waals surface area (Å²) in [4.78, 5) is 21.4. The van der Waals surface area contributed by atoms with Crippen LogP contribution < -0.4 is 0 Å². The third-order valence-electron chi connectivity index (χ3n) is 2.58. The highest BCUT2D eigenvalue weighted by atomic mass is 16.5. The van der Waals surface area contributed by atoms with Crippen molar-refractivity contribution in [2.45, 2.75) is 79.1 Å². The molecule has 4 heteroatoms. The lowest BCUT2D eigenvalue weighted by Crippen LogP contribution is -2.02. The molecule has 0 saturated carbocycles. The molecule has 0 aliphatic rings. The van der Waals surface area contributed by atoms with Crippen LogP contribution in [0.25, 0.3) is 0 Å². The predicted molar refractivity (Wildman–Crippen MR) is 81.6 cm³/mol. The Kier molecular flexibility index (Phi) is 19.1. The molecule has 0 spiro atoms. The van der Waals surface area contributed by atoms with Crippen LogP contribution in [0.15, 0.2) is 0 Å². The molecule has 120 valence electrons. The van der Waals surface area contributed by atoms with Gasteiger partial charge in [-0.25, -0.2) is 0 Å². The first-order valence-electron chi connectivity index (χ1n) is 7.93.